The van der Waals surface area contributed by atoms with Gasteiger partial charge in [0.25, 0.3) is 0 Å². The van der Waals surface area contributed by atoms with Crippen molar-refractivity contribution in [3.63, 3.8) is 0 Å². The highest BCUT2D eigenvalue weighted by atomic mass is 79.9. The molecule has 2 aromatic carbocycles. The lowest BCUT2D eigenvalue weighted by atomic mass is 9.92. The van der Waals surface area contributed by atoms with E-state index in [0.717, 1.165) is 47.1 Å². The van der Waals surface area contributed by atoms with Gasteiger partial charge < -0.3 is 20.6 Å². The Hall–Kier alpha value is -3.66. The number of rotatable bonds is 4. The Labute approximate surface area is 269 Å². The van der Waals surface area contributed by atoms with Crippen LogP contribution in [0.4, 0.5) is 11.9 Å². The molecule has 43 heavy (non-hydrogen) atoms. The van der Waals surface area contributed by atoms with E-state index in [9.17, 15) is 0 Å². The van der Waals surface area contributed by atoms with E-state index in [1.807, 2.05) is 30.3 Å². The molecule has 2 atom stereocenters. The first-order valence-electron chi connectivity index (χ1n) is 14.3. The SMILES string of the molecule is Brc1ccc2[nH]c3c(c2c1)CCCC3Nc1ncccn1.Cl.Clc1ccc2[nH]c3c(c2c1)CCCC3Nc1ncccn1. The maximum absolute atomic E-state index is 6.13. The van der Waals surface area contributed by atoms with Crippen LogP contribution in [0.2, 0.25) is 5.02 Å². The summed E-state index contributed by atoms with van der Waals surface area (Å²) >= 11 is 9.70. The highest BCUT2D eigenvalue weighted by molar-refractivity contribution is 9.10. The normalized spacial score (nSPS) is 17.3. The van der Waals surface area contributed by atoms with Crippen LogP contribution < -0.4 is 10.6 Å². The molecule has 4 heterocycles. The van der Waals surface area contributed by atoms with Gasteiger partial charge in [-0.05, 0) is 98.2 Å². The Kier molecular flexibility index (Phi) is 8.83. The van der Waals surface area contributed by atoms with Crippen molar-refractivity contribution in [3.8, 4) is 0 Å². The topological polar surface area (TPSA) is 107 Å². The van der Waals surface area contributed by atoms with E-state index in [1.165, 1.54) is 45.2 Å². The summed E-state index contributed by atoms with van der Waals surface area (Å²) in [7, 11) is 0. The molecule has 11 heteroatoms. The number of fused-ring (bicyclic) bond motifs is 6. The molecule has 2 unspecified atom stereocenters. The Morgan fingerprint density at radius 3 is 1.72 bits per heavy atom. The highest BCUT2D eigenvalue weighted by Gasteiger charge is 2.26. The molecule has 6 aromatic rings. The Bertz CT molecular complexity index is 1710. The molecular weight excluding hydrogens is 647 g/mol. The molecule has 0 amide bonds. The molecule has 220 valence electrons. The lowest BCUT2D eigenvalue weighted by Crippen LogP contribution is -2.18. The zero-order chi connectivity index (χ0) is 28.5. The first-order valence-corrected chi connectivity index (χ1v) is 15.5. The maximum Gasteiger partial charge on any atom is 0.223 e. The standard InChI is InChI=1S/C16H15BrN4.C16H15ClN4.ClH/c2*17-10-5-6-13-12(9-10)11-3-1-4-14(15(11)20-13)21-16-18-7-2-8-19-16;/h2*2,5-9,14,20H,1,3-4H2,(H,18,19,21);1H. The smallest absolute Gasteiger partial charge is 0.223 e. The third-order valence-corrected chi connectivity index (χ3v) is 8.81. The third-order valence-electron chi connectivity index (χ3n) is 8.08. The largest absolute Gasteiger partial charge is 0.356 e. The van der Waals surface area contributed by atoms with Gasteiger partial charge in [-0.15, -0.1) is 12.4 Å². The van der Waals surface area contributed by atoms with E-state index in [0.29, 0.717) is 11.9 Å². The molecule has 0 fully saturated rings. The molecule has 0 saturated heterocycles. The summed E-state index contributed by atoms with van der Waals surface area (Å²) in [4.78, 5) is 24.2. The van der Waals surface area contributed by atoms with Gasteiger partial charge >= 0.3 is 0 Å². The van der Waals surface area contributed by atoms with Gasteiger partial charge in [0.1, 0.15) is 0 Å². The van der Waals surface area contributed by atoms with Crippen LogP contribution in [0.5, 0.6) is 0 Å². The Balaban J connectivity index is 0.000000150. The van der Waals surface area contributed by atoms with Crippen LogP contribution >= 0.6 is 39.9 Å². The molecule has 0 saturated carbocycles. The number of nitrogens with one attached hydrogen (secondary N) is 4. The van der Waals surface area contributed by atoms with Crippen molar-refractivity contribution < 1.29 is 0 Å². The van der Waals surface area contributed by atoms with Crippen molar-refractivity contribution in [1.29, 1.82) is 0 Å². The summed E-state index contributed by atoms with van der Waals surface area (Å²) in [6.07, 6.45) is 13.7. The van der Waals surface area contributed by atoms with Crippen molar-refractivity contribution in [1.82, 2.24) is 29.9 Å². The van der Waals surface area contributed by atoms with E-state index in [1.54, 1.807) is 24.8 Å². The van der Waals surface area contributed by atoms with Crippen LogP contribution in [0.1, 0.15) is 60.3 Å². The van der Waals surface area contributed by atoms with Crippen molar-refractivity contribution in [2.24, 2.45) is 0 Å². The van der Waals surface area contributed by atoms with Crippen molar-refractivity contribution >= 4 is 73.6 Å². The number of anilines is 2. The molecule has 4 aromatic heterocycles. The fraction of sp³-hybridized carbons (Fsp3) is 0.250. The molecule has 0 spiro atoms. The van der Waals surface area contributed by atoms with Crippen LogP contribution in [0.3, 0.4) is 0 Å². The van der Waals surface area contributed by atoms with Gasteiger partial charge in [-0.3, -0.25) is 0 Å². The number of aryl methyl sites for hydroxylation is 2. The highest BCUT2D eigenvalue weighted by Crippen LogP contribution is 2.38. The summed E-state index contributed by atoms with van der Waals surface area (Å²) in [5.41, 5.74) is 7.66. The van der Waals surface area contributed by atoms with E-state index < -0.39 is 0 Å². The van der Waals surface area contributed by atoms with Gasteiger partial charge in [0, 0.05) is 67.5 Å². The minimum Gasteiger partial charge on any atom is -0.356 e. The molecule has 0 bridgehead atoms. The second kappa shape index (κ2) is 12.9. The molecule has 8 nitrogen and oxygen atoms in total. The molecule has 8 rings (SSSR count). The zero-order valence-electron chi connectivity index (χ0n) is 23.3. The van der Waals surface area contributed by atoms with Gasteiger partial charge in [-0.25, -0.2) is 19.9 Å². The van der Waals surface area contributed by atoms with E-state index >= 15 is 0 Å². The lowest BCUT2D eigenvalue weighted by molar-refractivity contribution is 0.589. The van der Waals surface area contributed by atoms with Gasteiger partial charge in [0.05, 0.1) is 12.1 Å². The van der Waals surface area contributed by atoms with Crippen LogP contribution in [-0.4, -0.2) is 29.9 Å². The van der Waals surface area contributed by atoms with Gasteiger partial charge in [0.15, 0.2) is 0 Å². The van der Waals surface area contributed by atoms with Crippen molar-refractivity contribution in [3.05, 3.63) is 105 Å². The Morgan fingerprint density at radius 1 is 0.698 bits per heavy atom. The van der Waals surface area contributed by atoms with Crippen LogP contribution in [0, 0.1) is 0 Å². The van der Waals surface area contributed by atoms with Crippen LogP contribution in [-0.2, 0) is 12.8 Å². The predicted molar refractivity (Wildman–Crippen MR) is 179 cm³/mol. The lowest BCUT2D eigenvalue weighted by Gasteiger charge is -2.23. The summed E-state index contributed by atoms with van der Waals surface area (Å²) in [5.74, 6) is 1.36. The fourth-order valence-electron chi connectivity index (χ4n) is 6.22. The van der Waals surface area contributed by atoms with Crippen LogP contribution in [0.15, 0.2) is 77.8 Å². The number of hydrogen-bond acceptors (Lipinski definition) is 6. The van der Waals surface area contributed by atoms with Gasteiger partial charge in [-0.1, -0.05) is 27.5 Å². The second-order valence-corrected chi connectivity index (χ2v) is 12.1. The Morgan fingerprint density at radius 2 is 1.19 bits per heavy atom. The molecular formula is C32H31BrCl2N8. The number of H-pyrrole nitrogens is 2. The van der Waals surface area contributed by atoms with Gasteiger partial charge in [-0.2, -0.15) is 0 Å². The number of aromatic amines is 2. The van der Waals surface area contributed by atoms with E-state index in [4.69, 9.17) is 11.6 Å². The molecule has 0 radical (unpaired) electrons. The summed E-state index contributed by atoms with van der Waals surface area (Å²) < 4.78 is 1.12. The maximum atomic E-state index is 6.13. The number of halogens is 3. The molecule has 2 aliphatic carbocycles. The van der Waals surface area contributed by atoms with Crippen molar-refractivity contribution in [2.75, 3.05) is 10.6 Å². The molecule has 0 aliphatic heterocycles. The van der Waals surface area contributed by atoms with Gasteiger partial charge in [0.2, 0.25) is 11.9 Å². The number of benzene rings is 2. The summed E-state index contributed by atoms with van der Waals surface area (Å²) in [5, 5.41) is 10.2. The second-order valence-electron chi connectivity index (χ2n) is 10.7. The quantitative estimate of drug-likeness (QED) is 0.149. The molecule has 4 N–H and O–H groups in total. The first-order chi connectivity index (χ1) is 20.6. The number of hydrogen-bond donors (Lipinski definition) is 4. The monoisotopic (exact) mass is 676 g/mol. The third kappa shape index (κ3) is 6.20. The average molecular weight is 678 g/mol. The summed E-state index contributed by atoms with van der Waals surface area (Å²) in [6, 6.07) is 16.6. The van der Waals surface area contributed by atoms with E-state index in [2.05, 4.69) is 74.7 Å². The average Bonchev–Trinajstić information content (AvgIpc) is 3.58. The minimum absolute atomic E-state index is 0. The molecule has 2 aliphatic rings. The fourth-order valence-corrected chi connectivity index (χ4v) is 6.75. The van der Waals surface area contributed by atoms with E-state index in [-0.39, 0.29) is 24.5 Å². The first kappa shape index (κ1) is 29.4. The number of nitrogens with zero attached hydrogens (tertiary/aromatic N) is 4. The van der Waals surface area contributed by atoms with Crippen molar-refractivity contribution in [2.45, 2.75) is 50.6 Å². The minimum atomic E-state index is 0. The summed E-state index contributed by atoms with van der Waals surface area (Å²) in [6.45, 7) is 0. The number of aromatic nitrogens is 6. The zero-order valence-corrected chi connectivity index (χ0v) is 26.4. The van der Waals surface area contributed by atoms with Crippen LogP contribution in [0.25, 0.3) is 21.8 Å². The predicted octanol–water partition coefficient (Wildman–Crippen LogP) is 8.73.